The molecule has 0 aliphatic rings. The van der Waals surface area contributed by atoms with E-state index >= 15 is 0 Å². The molecule has 3 rings (SSSR count). The van der Waals surface area contributed by atoms with Crippen molar-refractivity contribution in [2.45, 2.75) is 0 Å². The van der Waals surface area contributed by atoms with Crippen LogP contribution in [0.3, 0.4) is 0 Å². The molecule has 0 radical (unpaired) electrons. The van der Waals surface area contributed by atoms with Crippen LogP contribution in [0.25, 0.3) is 17.0 Å². The number of amidine groups is 1. The summed E-state index contributed by atoms with van der Waals surface area (Å²) in [5.41, 5.74) is 13.9. The highest BCUT2D eigenvalue weighted by molar-refractivity contribution is 6.00. The monoisotopic (exact) mass is 252 g/mol. The number of hydrogen-bond donors (Lipinski definition) is 3. The zero-order valence-electron chi connectivity index (χ0n) is 10.0. The molecule has 6 heteroatoms. The second-order valence-corrected chi connectivity index (χ2v) is 4.16. The standard InChI is InChI=1S/C13H12N6/c14-9-5-3-8(4-6-9)12-17-13-10(11(15)16)2-1-7-19(13)18-12/h1-7H,14H2,(H3,15,16). The number of aromatic nitrogens is 3. The van der Waals surface area contributed by atoms with E-state index in [0.29, 0.717) is 22.7 Å². The molecule has 0 unspecified atom stereocenters. The highest BCUT2D eigenvalue weighted by atomic mass is 15.3. The average molecular weight is 252 g/mol. The molecule has 0 fully saturated rings. The van der Waals surface area contributed by atoms with Crippen LogP contribution in [0.1, 0.15) is 5.56 Å². The van der Waals surface area contributed by atoms with E-state index in [9.17, 15) is 0 Å². The Morgan fingerprint density at radius 1 is 1.16 bits per heavy atom. The Balaban J connectivity index is 2.19. The number of nitrogen functional groups attached to an aromatic ring is 2. The Morgan fingerprint density at radius 2 is 1.89 bits per heavy atom. The predicted molar refractivity (Wildman–Crippen MR) is 73.9 cm³/mol. The fraction of sp³-hybridized carbons (Fsp3) is 0. The molecule has 3 aromatic rings. The molecule has 6 nitrogen and oxygen atoms in total. The van der Waals surface area contributed by atoms with Gasteiger partial charge in [0.25, 0.3) is 0 Å². The van der Waals surface area contributed by atoms with Crippen molar-refractivity contribution in [2.75, 3.05) is 5.73 Å². The Morgan fingerprint density at radius 3 is 2.58 bits per heavy atom. The van der Waals surface area contributed by atoms with Crippen molar-refractivity contribution in [2.24, 2.45) is 5.73 Å². The fourth-order valence-electron chi connectivity index (χ4n) is 1.87. The minimum atomic E-state index is -0.0261. The zero-order chi connectivity index (χ0) is 13.4. The van der Waals surface area contributed by atoms with Gasteiger partial charge in [-0.3, -0.25) is 5.41 Å². The van der Waals surface area contributed by atoms with Gasteiger partial charge in [-0.25, -0.2) is 9.50 Å². The molecule has 0 saturated carbocycles. The van der Waals surface area contributed by atoms with Gasteiger partial charge in [-0.05, 0) is 36.4 Å². The lowest BCUT2D eigenvalue weighted by Gasteiger charge is -1.98. The van der Waals surface area contributed by atoms with Crippen molar-refractivity contribution in [1.82, 2.24) is 14.6 Å². The third kappa shape index (κ3) is 1.89. The topological polar surface area (TPSA) is 106 Å². The summed E-state index contributed by atoms with van der Waals surface area (Å²) in [6, 6.07) is 10.8. The van der Waals surface area contributed by atoms with E-state index in [1.807, 2.05) is 12.1 Å². The molecule has 0 bridgehead atoms. The predicted octanol–water partition coefficient (Wildman–Crippen LogP) is 1.26. The number of nitrogens with one attached hydrogen (secondary N) is 1. The Bertz CT molecular complexity index is 756. The largest absolute Gasteiger partial charge is 0.399 e. The first-order valence-electron chi connectivity index (χ1n) is 5.71. The summed E-state index contributed by atoms with van der Waals surface area (Å²) in [4.78, 5) is 4.42. The van der Waals surface area contributed by atoms with E-state index in [2.05, 4.69) is 10.1 Å². The van der Waals surface area contributed by atoms with Crippen molar-refractivity contribution < 1.29 is 0 Å². The Kier molecular flexibility index (Phi) is 2.42. The normalized spacial score (nSPS) is 10.7. The molecule has 0 atom stereocenters. The van der Waals surface area contributed by atoms with Crippen LogP contribution in [0.15, 0.2) is 42.6 Å². The van der Waals surface area contributed by atoms with Crippen LogP contribution >= 0.6 is 0 Å². The number of anilines is 1. The van der Waals surface area contributed by atoms with Gasteiger partial charge in [0.05, 0.1) is 5.56 Å². The van der Waals surface area contributed by atoms with E-state index < -0.39 is 0 Å². The van der Waals surface area contributed by atoms with Crippen molar-refractivity contribution in [3.8, 4) is 11.4 Å². The third-order valence-corrected chi connectivity index (χ3v) is 2.82. The Labute approximate surface area is 109 Å². The smallest absolute Gasteiger partial charge is 0.182 e. The number of benzene rings is 1. The molecule has 5 N–H and O–H groups in total. The minimum absolute atomic E-state index is 0.0261. The average Bonchev–Trinajstić information content (AvgIpc) is 2.82. The lowest BCUT2D eigenvalue weighted by Crippen LogP contribution is -2.12. The second-order valence-electron chi connectivity index (χ2n) is 4.16. The van der Waals surface area contributed by atoms with Crippen molar-refractivity contribution >= 4 is 17.2 Å². The van der Waals surface area contributed by atoms with E-state index in [1.165, 1.54) is 0 Å². The molecule has 0 spiro atoms. The molecular formula is C13H12N6. The molecule has 2 heterocycles. The number of fused-ring (bicyclic) bond motifs is 1. The quantitative estimate of drug-likeness (QED) is 0.362. The summed E-state index contributed by atoms with van der Waals surface area (Å²) in [6.07, 6.45) is 1.77. The van der Waals surface area contributed by atoms with Crippen LogP contribution in [0, 0.1) is 5.41 Å². The second kappa shape index (κ2) is 4.09. The lowest BCUT2D eigenvalue weighted by atomic mass is 10.2. The number of nitrogens with zero attached hydrogens (tertiary/aromatic N) is 3. The highest BCUT2D eigenvalue weighted by Crippen LogP contribution is 2.19. The highest BCUT2D eigenvalue weighted by Gasteiger charge is 2.10. The maximum atomic E-state index is 7.54. The van der Waals surface area contributed by atoms with Crippen LogP contribution in [0.5, 0.6) is 0 Å². The maximum Gasteiger partial charge on any atom is 0.182 e. The molecule has 0 aliphatic heterocycles. The van der Waals surface area contributed by atoms with E-state index in [1.54, 1.807) is 35.0 Å². The third-order valence-electron chi connectivity index (χ3n) is 2.82. The first-order valence-corrected chi connectivity index (χ1v) is 5.71. The molecule has 0 amide bonds. The van der Waals surface area contributed by atoms with Crippen molar-refractivity contribution in [3.63, 3.8) is 0 Å². The first kappa shape index (κ1) is 11.2. The summed E-state index contributed by atoms with van der Waals surface area (Å²) in [5.74, 6) is 0.551. The number of pyridine rings is 1. The summed E-state index contributed by atoms with van der Waals surface area (Å²) < 4.78 is 1.61. The zero-order valence-corrected chi connectivity index (χ0v) is 10.0. The summed E-state index contributed by atoms with van der Waals surface area (Å²) in [6.45, 7) is 0. The van der Waals surface area contributed by atoms with Gasteiger partial charge in [0.2, 0.25) is 0 Å². The van der Waals surface area contributed by atoms with Gasteiger partial charge in [0.15, 0.2) is 11.5 Å². The van der Waals surface area contributed by atoms with Gasteiger partial charge >= 0.3 is 0 Å². The van der Waals surface area contributed by atoms with Crippen molar-refractivity contribution in [1.29, 1.82) is 5.41 Å². The summed E-state index contributed by atoms with van der Waals surface area (Å²) >= 11 is 0. The van der Waals surface area contributed by atoms with Gasteiger partial charge in [0, 0.05) is 17.4 Å². The van der Waals surface area contributed by atoms with Gasteiger partial charge < -0.3 is 11.5 Å². The van der Waals surface area contributed by atoms with Crippen LogP contribution in [0.4, 0.5) is 5.69 Å². The molecule has 94 valence electrons. The number of hydrogen-bond acceptors (Lipinski definition) is 4. The maximum absolute atomic E-state index is 7.54. The van der Waals surface area contributed by atoms with E-state index in [-0.39, 0.29) is 5.84 Å². The van der Waals surface area contributed by atoms with E-state index in [4.69, 9.17) is 16.9 Å². The van der Waals surface area contributed by atoms with Gasteiger partial charge in [0.1, 0.15) is 5.84 Å². The van der Waals surface area contributed by atoms with Crippen LogP contribution < -0.4 is 11.5 Å². The lowest BCUT2D eigenvalue weighted by molar-refractivity contribution is 0.964. The van der Waals surface area contributed by atoms with Gasteiger partial charge in [-0.1, -0.05) is 0 Å². The fourth-order valence-corrected chi connectivity index (χ4v) is 1.87. The van der Waals surface area contributed by atoms with Crippen LogP contribution in [-0.4, -0.2) is 20.4 Å². The molecule has 2 aromatic heterocycles. The number of nitrogens with two attached hydrogens (primary N) is 2. The molecule has 0 aliphatic carbocycles. The van der Waals surface area contributed by atoms with Gasteiger partial charge in [-0.2, -0.15) is 0 Å². The van der Waals surface area contributed by atoms with Crippen LogP contribution in [0.2, 0.25) is 0 Å². The molecule has 1 aromatic carbocycles. The van der Waals surface area contributed by atoms with Crippen LogP contribution in [-0.2, 0) is 0 Å². The molecular weight excluding hydrogens is 240 g/mol. The minimum Gasteiger partial charge on any atom is -0.399 e. The molecule has 0 saturated heterocycles. The van der Waals surface area contributed by atoms with Gasteiger partial charge in [-0.15, -0.1) is 5.10 Å². The van der Waals surface area contributed by atoms with E-state index in [0.717, 1.165) is 5.56 Å². The summed E-state index contributed by atoms with van der Waals surface area (Å²) in [7, 11) is 0. The Hall–Kier alpha value is -2.89. The summed E-state index contributed by atoms with van der Waals surface area (Å²) in [5, 5.41) is 11.9. The SMILES string of the molecule is N=C(N)c1cccn2nc(-c3ccc(N)cc3)nc12. The molecule has 19 heavy (non-hydrogen) atoms. The number of rotatable bonds is 2. The van der Waals surface area contributed by atoms with Crippen molar-refractivity contribution in [3.05, 3.63) is 48.2 Å². The first-order chi connectivity index (χ1) is 9.15.